The molecule has 3 rings (SSSR count). The van der Waals surface area contributed by atoms with Crippen LogP contribution in [0.3, 0.4) is 0 Å². The molecule has 1 amide bonds. The Morgan fingerprint density at radius 3 is 2.73 bits per heavy atom. The first-order valence-electron chi connectivity index (χ1n) is 8.54. The summed E-state index contributed by atoms with van der Waals surface area (Å²) in [6.07, 6.45) is -3.69. The monoisotopic (exact) mass is 386 g/mol. The molecule has 1 saturated carbocycles. The zero-order chi connectivity index (χ0) is 18.9. The lowest BCUT2D eigenvalue weighted by Gasteiger charge is -2.39. The third-order valence-electron chi connectivity index (χ3n) is 4.96. The molecule has 0 spiro atoms. The standard InChI is InChI=1S/C18H21F3N2O2S/c1-12-7-8-15-14(9-12)17(25,18(19,20)21)23(22-15)16(24)11-26-10-13-5-3-2-4-6-13/h2-6,12,14,25H,7-11H2,1H3/t12-,14+,17+/m1/s1. The molecule has 1 aliphatic heterocycles. The number of aliphatic hydroxyl groups is 1. The fourth-order valence-electron chi connectivity index (χ4n) is 3.55. The van der Waals surface area contributed by atoms with Crippen molar-refractivity contribution in [2.24, 2.45) is 16.9 Å². The number of alkyl halides is 3. The van der Waals surface area contributed by atoms with Gasteiger partial charge in [0.25, 0.3) is 11.6 Å². The zero-order valence-electron chi connectivity index (χ0n) is 14.4. The fourth-order valence-corrected chi connectivity index (χ4v) is 4.38. The van der Waals surface area contributed by atoms with Gasteiger partial charge < -0.3 is 5.11 Å². The lowest BCUT2D eigenvalue weighted by molar-refractivity contribution is -0.317. The van der Waals surface area contributed by atoms with Crippen LogP contribution in [0.1, 0.15) is 31.7 Å². The van der Waals surface area contributed by atoms with E-state index in [-0.39, 0.29) is 23.8 Å². The number of carbonyl (C=O) groups excluding carboxylic acids is 1. The van der Waals surface area contributed by atoms with Gasteiger partial charge in [-0.05, 0) is 30.7 Å². The van der Waals surface area contributed by atoms with Crippen molar-refractivity contribution in [3.63, 3.8) is 0 Å². The average molecular weight is 386 g/mol. The van der Waals surface area contributed by atoms with Crippen molar-refractivity contribution in [1.29, 1.82) is 0 Å². The van der Waals surface area contributed by atoms with E-state index in [0.29, 0.717) is 23.6 Å². The summed E-state index contributed by atoms with van der Waals surface area (Å²) in [4.78, 5) is 12.5. The Labute approximate surface area is 154 Å². The second-order valence-corrected chi connectivity index (χ2v) is 7.92. The molecule has 0 unspecified atom stereocenters. The summed E-state index contributed by atoms with van der Waals surface area (Å²) < 4.78 is 41.1. The largest absolute Gasteiger partial charge is 0.439 e. The Bertz CT molecular complexity index is 695. The number of thioether (sulfide) groups is 1. The summed E-state index contributed by atoms with van der Waals surface area (Å²) in [6.45, 7) is 1.85. The Balaban J connectivity index is 1.74. The highest BCUT2D eigenvalue weighted by molar-refractivity contribution is 7.99. The van der Waals surface area contributed by atoms with E-state index in [4.69, 9.17) is 0 Å². The molecule has 0 saturated heterocycles. The van der Waals surface area contributed by atoms with E-state index in [1.165, 1.54) is 11.8 Å². The summed E-state index contributed by atoms with van der Waals surface area (Å²) >= 11 is 1.21. The van der Waals surface area contributed by atoms with Crippen LogP contribution in [0.2, 0.25) is 0 Å². The molecule has 142 valence electrons. The molecule has 3 atom stereocenters. The molecule has 0 radical (unpaired) electrons. The number of hydrogen-bond donors (Lipinski definition) is 1. The van der Waals surface area contributed by atoms with Gasteiger partial charge in [0.1, 0.15) is 0 Å². The average Bonchev–Trinajstić information content (AvgIpc) is 2.89. The minimum atomic E-state index is -4.96. The maximum absolute atomic E-state index is 13.7. The summed E-state index contributed by atoms with van der Waals surface area (Å²) in [5, 5.41) is 14.7. The van der Waals surface area contributed by atoms with Crippen molar-refractivity contribution in [2.45, 2.75) is 43.8 Å². The molecule has 1 fully saturated rings. The smallest absolute Gasteiger partial charge is 0.362 e. The molecule has 2 aliphatic rings. The van der Waals surface area contributed by atoms with Gasteiger partial charge in [0.2, 0.25) is 0 Å². The van der Waals surface area contributed by atoms with Crippen LogP contribution in [0.15, 0.2) is 35.4 Å². The molecule has 1 N–H and O–H groups in total. The number of nitrogens with zero attached hydrogens (tertiary/aromatic N) is 2. The van der Waals surface area contributed by atoms with Crippen molar-refractivity contribution in [2.75, 3.05) is 5.75 Å². The highest BCUT2D eigenvalue weighted by Crippen LogP contribution is 2.49. The molecule has 1 aromatic carbocycles. The van der Waals surface area contributed by atoms with Crippen molar-refractivity contribution in [3.8, 4) is 0 Å². The molecular formula is C18H21F3N2O2S. The number of halogens is 3. The van der Waals surface area contributed by atoms with E-state index in [1.54, 1.807) is 0 Å². The van der Waals surface area contributed by atoms with E-state index >= 15 is 0 Å². The predicted octanol–water partition coefficient (Wildman–Crippen LogP) is 3.81. The Morgan fingerprint density at radius 1 is 1.38 bits per heavy atom. The second-order valence-electron chi connectivity index (χ2n) is 6.93. The summed E-state index contributed by atoms with van der Waals surface area (Å²) in [6, 6.07) is 9.35. The van der Waals surface area contributed by atoms with Crippen LogP contribution in [0.4, 0.5) is 13.2 Å². The minimum Gasteiger partial charge on any atom is -0.362 e. The van der Waals surface area contributed by atoms with E-state index in [0.717, 1.165) is 5.56 Å². The van der Waals surface area contributed by atoms with Crippen LogP contribution in [0.25, 0.3) is 0 Å². The first-order valence-corrected chi connectivity index (χ1v) is 9.70. The summed E-state index contributed by atoms with van der Waals surface area (Å²) in [7, 11) is 0. The van der Waals surface area contributed by atoms with Gasteiger partial charge in [0.15, 0.2) is 0 Å². The maximum Gasteiger partial charge on any atom is 0.439 e. The Kier molecular flexibility index (Phi) is 5.35. The van der Waals surface area contributed by atoms with Crippen LogP contribution in [-0.4, -0.2) is 39.4 Å². The van der Waals surface area contributed by atoms with Gasteiger partial charge in [-0.15, -0.1) is 11.8 Å². The second kappa shape index (κ2) is 7.23. The molecule has 26 heavy (non-hydrogen) atoms. The molecule has 4 nitrogen and oxygen atoms in total. The van der Waals surface area contributed by atoms with Gasteiger partial charge in [-0.2, -0.15) is 23.3 Å². The first kappa shape index (κ1) is 19.2. The number of benzene rings is 1. The Hall–Kier alpha value is -1.54. The molecule has 8 heteroatoms. The molecule has 0 bridgehead atoms. The SMILES string of the molecule is C[C@@H]1CCC2=NN(C(=O)CSCc3ccccc3)[C@@](O)(C(F)(F)F)[C@H]2C1. The number of hydrazone groups is 1. The number of amides is 1. The third kappa shape index (κ3) is 3.49. The van der Waals surface area contributed by atoms with E-state index in [1.807, 2.05) is 37.3 Å². The zero-order valence-corrected chi connectivity index (χ0v) is 15.2. The van der Waals surface area contributed by atoms with E-state index < -0.39 is 23.7 Å². The van der Waals surface area contributed by atoms with Gasteiger partial charge in [-0.25, -0.2) is 0 Å². The third-order valence-corrected chi connectivity index (χ3v) is 5.95. The molecular weight excluding hydrogens is 365 g/mol. The molecule has 0 aromatic heterocycles. The fraction of sp³-hybridized carbons (Fsp3) is 0.556. The number of fused-ring (bicyclic) bond motifs is 1. The highest BCUT2D eigenvalue weighted by Gasteiger charge is 2.68. The number of carbonyl (C=O) groups is 1. The van der Waals surface area contributed by atoms with Gasteiger partial charge >= 0.3 is 6.18 Å². The van der Waals surface area contributed by atoms with Gasteiger partial charge in [0.05, 0.1) is 11.7 Å². The number of hydrogen-bond acceptors (Lipinski definition) is 4. The van der Waals surface area contributed by atoms with Gasteiger partial charge in [-0.1, -0.05) is 37.3 Å². The highest BCUT2D eigenvalue weighted by atomic mass is 32.2. The minimum absolute atomic E-state index is 0.0512. The molecule has 1 heterocycles. The topological polar surface area (TPSA) is 52.9 Å². The van der Waals surface area contributed by atoms with Gasteiger partial charge in [-0.3, -0.25) is 4.79 Å². The van der Waals surface area contributed by atoms with Crippen LogP contribution < -0.4 is 0 Å². The van der Waals surface area contributed by atoms with Gasteiger partial charge in [0, 0.05) is 11.5 Å². The van der Waals surface area contributed by atoms with Crippen molar-refractivity contribution in [1.82, 2.24) is 5.01 Å². The lowest BCUT2D eigenvalue weighted by Crippen LogP contribution is -2.62. The normalized spacial score (nSPS) is 28.7. The van der Waals surface area contributed by atoms with Crippen LogP contribution in [0.5, 0.6) is 0 Å². The maximum atomic E-state index is 13.7. The summed E-state index contributed by atoms with van der Waals surface area (Å²) in [5.74, 6) is -1.61. The quantitative estimate of drug-likeness (QED) is 0.856. The number of rotatable bonds is 4. The lowest BCUT2D eigenvalue weighted by atomic mass is 9.76. The predicted molar refractivity (Wildman–Crippen MR) is 94.4 cm³/mol. The Morgan fingerprint density at radius 2 is 2.08 bits per heavy atom. The van der Waals surface area contributed by atoms with Crippen molar-refractivity contribution < 1.29 is 23.1 Å². The molecule has 1 aromatic rings. The molecule has 1 aliphatic carbocycles. The van der Waals surface area contributed by atoms with Crippen LogP contribution in [0, 0.1) is 11.8 Å². The van der Waals surface area contributed by atoms with E-state index in [9.17, 15) is 23.1 Å². The first-order chi connectivity index (χ1) is 12.2. The van der Waals surface area contributed by atoms with Crippen LogP contribution in [-0.2, 0) is 10.5 Å². The van der Waals surface area contributed by atoms with E-state index in [2.05, 4.69) is 5.10 Å². The van der Waals surface area contributed by atoms with Crippen LogP contribution >= 0.6 is 11.8 Å². The summed E-state index contributed by atoms with van der Waals surface area (Å²) in [5.41, 5.74) is -1.97. The van der Waals surface area contributed by atoms with Crippen molar-refractivity contribution in [3.05, 3.63) is 35.9 Å². The van der Waals surface area contributed by atoms with Crippen molar-refractivity contribution >= 4 is 23.4 Å².